The van der Waals surface area contributed by atoms with E-state index in [0.717, 1.165) is 32.1 Å². The summed E-state index contributed by atoms with van der Waals surface area (Å²) in [6.07, 6.45) is 108. The molecule has 0 spiro atoms. The fourth-order valence-electron chi connectivity index (χ4n) is 14.7. The molecule has 0 bridgehead atoms. The van der Waals surface area contributed by atoms with Gasteiger partial charge < -0.3 is 27.9 Å². The first-order chi connectivity index (χ1) is 50.0. The number of phosphoric ester groups is 1. The Labute approximate surface area is 638 Å². The van der Waals surface area contributed by atoms with E-state index >= 15 is 0 Å². The third-order valence-corrected chi connectivity index (χ3v) is 22.7. The van der Waals surface area contributed by atoms with Gasteiger partial charge in [-0.1, -0.05) is 475 Å². The normalized spacial score (nSPS) is 12.9. The van der Waals surface area contributed by atoms with Crippen LogP contribution in [0.1, 0.15) is 515 Å². The molecular weight excluding hydrogens is 1280 g/mol. The molecule has 0 radical (unpaired) electrons. The number of phosphoric acid groups is 1. The minimum absolute atomic E-state index is 0.0253. The SMILES string of the molecule is CCCCCCCCCC/C=C\CCCCCCCCCCCCCCCCCCCCCCCCCCCC(=O)OC(COC(=O)CCCCCCCCCCCCCCCCCCCCCCCCCCCCCCCCCCCCCCCCCCC)COP(=O)([O-])OCC[N+](C)(C)C. The second-order valence-electron chi connectivity index (χ2n) is 33.4. The van der Waals surface area contributed by atoms with Crippen LogP contribution in [0.5, 0.6) is 0 Å². The van der Waals surface area contributed by atoms with Crippen molar-refractivity contribution in [3.63, 3.8) is 0 Å². The molecule has 0 fully saturated rings. The maximum absolute atomic E-state index is 12.9. The summed E-state index contributed by atoms with van der Waals surface area (Å²) in [7, 11) is 1.20. The highest BCUT2D eigenvalue weighted by Gasteiger charge is 2.22. The van der Waals surface area contributed by atoms with Crippen molar-refractivity contribution >= 4 is 19.8 Å². The zero-order valence-corrected chi connectivity index (χ0v) is 70.8. The number of ether oxygens (including phenoxy) is 2. The van der Waals surface area contributed by atoms with Gasteiger partial charge in [-0.05, 0) is 38.5 Å². The molecule has 0 saturated heterocycles. The number of likely N-dealkylation sites (N-methyl/N-ethyl adjacent to an activating group) is 1. The molecule has 0 aliphatic heterocycles. The van der Waals surface area contributed by atoms with Gasteiger partial charge in [0.1, 0.15) is 19.8 Å². The zero-order valence-electron chi connectivity index (χ0n) is 69.9. The van der Waals surface area contributed by atoms with E-state index in [-0.39, 0.29) is 32.0 Å². The first-order valence-corrected chi connectivity index (χ1v) is 47.9. The second kappa shape index (κ2) is 83.8. The number of hydrogen-bond donors (Lipinski definition) is 0. The van der Waals surface area contributed by atoms with E-state index in [9.17, 15) is 19.0 Å². The first kappa shape index (κ1) is 101. The van der Waals surface area contributed by atoms with Gasteiger partial charge in [0.05, 0.1) is 27.7 Å². The number of quaternary nitrogens is 1. The van der Waals surface area contributed by atoms with E-state index in [2.05, 4.69) is 26.0 Å². The van der Waals surface area contributed by atoms with Crippen LogP contribution in [-0.4, -0.2) is 70.0 Å². The first-order valence-electron chi connectivity index (χ1n) is 46.4. The van der Waals surface area contributed by atoms with Crippen molar-refractivity contribution in [1.82, 2.24) is 0 Å². The summed E-state index contributed by atoms with van der Waals surface area (Å²) in [5.41, 5.74) is 0. The maximum atomic E-state index is 12.9. The van der Waals surface area contributed by atoms with Crippen LogP contribution >= 0.6 is 7.82 Å². The number of esters is 2. The Morgan fingerprint density at radius 1 is 0.294 bits per heavy atom. The van der Waals surface area contributed by atoms with Gasteiger partial charge in [-0.2, -0.15) is 0 Å². The molecule has 2 unspecified atom stereocenters. The lowest BCUT2D eigenvalue weighted by Gasteiger charge is -2.28. The number of unbranched alkanes of at least 4 members (excludes halogenated alkanes) is 73. The summed E-state index contributed by atoms with van der Waals surface area (Å²) in [6.45, 7) is 4.35. The number of allylic oxidation sites excluding steroid dienone is 2. The number of nitrogens with zero attached hydrogens (tertiary/aromatic N) is 1. The third kappa shape index (κ3) is 87.7. The molecular formula is C92H182NO8P. The van der Waals surface area contributed by atoms with Gasteiger partial charge in [-0.25, -0.2) is 0 Å². The Balaban J connectivity index is 3.80. The van der Waals surface area contributed by atoms with Crippen LogP contribution < -0.4 is 4.89 Å². The van der Waals surface area contributed by atoms with Crippen LogP contribution in [0, 0.1) is 0 Å². The molecule has 0 heterocycles. The molecule has 0 aromatic heterocycles. The molecule has 0 saturated carbocycles. The Morgan fingerprint density at radius 3 is 0.725 bits per heavy atom. The lowest BCUT2D eigenvalue weighted by Crippen LogP contribution is -2.37. The average molecular weight is 1460 g/mol. The summed E-state index contributed by atoms with van der Waals surface area (Å²) in [5, 5.41) is 0. The molecule has 9 nitrogen and oxygen atoms in total. The minimum atomic E-state index is -4.64. The van der Waals surface area contributed by atoms with E-state index in [4.69, 9.17) is 18.5 Å². The van der Waals surface area contributed by atoms with Crippen molar-refractivity contribution in [2.24, 2.45) is 0 Å². The van der Waals surface area contributed by atoms with Gasteiger partial charge in [0, 0.05) is 12.8 Å². The molecule has 2 atom stereocenters. The second-order valence-corrected chi connectivity index (χ2v) is 34.8. The summed E-state index contributed by atoms with van der Waals surface area (Å²) in [5.74, 6) is -0.799. The van der Waals surface area contributed by atoms with Crippen molar-refractivity contribution in [3.05, 3.63) is 12.2 Å². The van der Waals surface area contributed by atoms with Gasteiger partial charge >= 0.3 is 11.9 Å². The molecule has 0 aliphatic rings. The minimum Gasteiger partial charge on any atom is -0.756 e. The summed E-state index contributed by atoms with van der Waals surface area (Å²) >= 11 is 0. The standard InChI is InChI=1S/C92H182NO8P/c1-6-8-10-12-14-16-18-20-22-24-26-28-30-32-34-36-38-40-42-44-45-46-47-49-50-52-54-56-58-60-62-64-66-68-70-72-74-76-78-80-82-84-91(94)98-88-90(89-100-102(96,97)99-87-86-93(3,4)5)101-92(95)85-83-81-79-77-75-73-71-69-67-65-63-61-59-57-55-53-51-48-43-41-39-37-35-33-31-29-27-25-23-21-19-17-15-13-11-9-7-2/h25,27,90H,6-24,26,28-89H2,1-5H3/b27-25-. The molecule has 0 aliphatic carbocycles. The predicted octanol–water partition coefficient (Wildman–Crippen LogP) is 30.7. The van der Waals surface area contributed by atoms with Gasteiger partial charge in [-0.15, -0.1) is 0 Å². The Morgan fingerprint density at radius 2 is 0.500 bits per heavy atom. The highest BCUT2D eigenvalue weighted by molar-refractivity contribution is 7.45. The molecule has 0 aromatic carbocycles. The summed E-state index contributed by atoms with van der Waals surface area (Å²) in [6, 6.07) is 0. The van der Waals surface area contributed by atoms with Crippen LogP contribution in [0.3, 0.4) is 0 Å². The molecule has 0 N–H and O–H groups in total. The van der Waals surface area contributed by atoms with Gasteiger partial charge in [0.25, 0.3) is 7.82 Å². The molecule has 0 amide bonds. The highest BCUT2D eigenvalue weighted by atomic mass is 31.2. The van der Waals surface area contributed by atoms with E-state index in [0.29, 0.717) is 17.4 Å². The van der Waals surface area contributed by atoms with Crippen LogP contribution in [0.2, 0.25) is 0 Å². The van der Waals surface area contributed by atoms with Gasteiger partial charge in [0.2, 0.25) is 0 Å². The van der Waals surface area contributed by atoms with Crippen LogP contribution in [0.25, 0.3) is 0 Å². The Hall–Kier alpha value is -1.25. The zero-order chi connectivity index (χ0) is 74.0. The summed E-state index contributed by atoms with van der Waals surface area (Å²) < 4.78 is 34.5. The molecule has 102 heavy (non-hydrogen) atoms. The monoisotopic (exact) mass is 1460 g/mol. The van der Waals surface area contributed by atoms with Crippen molar-refractivity contribution in [2.45, 2.75) is 521 Å². The van der Waals surface area contributed by atoms with E-state index in [1.807, 2.05) is 21.1 Å². The smallest absolute Gasteiger partial charge is 0.306 e. The van der Waals surface area contributed by atoms with Crippen molar-refractivity contribution in [2.75, 3.05) is 47.5 Å². The molecule has 10 heteroatoms. The topological polar surface area (TPSA) is 111 Å². The van der Waals surface area contributed by atoms with Crippen molar-refractivity contribution < 1.29 is 42.1 Å². The highest BCUT2D eigenvalue weighted by Crippen LogP contribution is 2.38. The number of carbonyl (C=O) groups excluding carboxylic acids is 2. The fraction of sp³-hybridized carbons (Fsp3) is 0.957. The van der Waals surface area contributed by atoms with E-state index in [1.165, 1.54) is 449 Å². The molecule has 608 valence electrons. The van der Waals surface area contributed by atoms with Crippen molar-refractivity contribution in [3.8, 4) is 0 Å². The predicted molar refractivity (Wildman–Crippen MR) is 444 cm³/mol. The maximum Gasteiger partial charge on any atom is 0.306 e. The third-order valence-electron chi connectivity index (χ3n) is 21.8. The van der Waals surface area contributed by atoms with Gasteiger partial charge in [0.15, 0.2) is 6.10 Å². The number of rotatable bonds is 89. The van der Waals surface area contributed by atoms with Crippen molar-refractivity contribution in [1.29, 1.82) is 0 Å². The van der Waals surface area contributed by atoms with Crippen LogP contribution in [0.4, 0.5) is 0 Å². The lowest BCUT2D eigenvalue weighted by molar-refractivity contribution is -0.870. The van der Waals surface area contributed by atoms with Crippen LogP contribution in [-0.2, 0) is 32.7 Å². The lowest BCUT2D eigenvalue weighted by atomic mass is 10.0. The number of carbonyl (C=O) groups is 2. The van der Waals surface area contributed by atoms with Crippen LogP contribution in [0.15, 0.2) is 12.2 Å². The fourth-order valence-corrected chi connectivity index (χ4v) is 15.5. The van der Waals surface area contributed by atoms with E-state index < -0.39 is 26.5 Å². The summed E-state index contributed by atoms with van der Waals surface area (Å²) in [4.78, 5) is 38.3. The Bertz CT molecular complexity index is 1720. The molecule has 0 rings (SSSR count). The quantitative estimate of drug-likeness (QED) is 0.0195. The number of hydrogen-bond acceptors (Lipinski definition) is 8. The molecule has 0 aromatic rings. The average Bonchev–Trinajstić information content (AvgIpc) is 0.913. The van der Waals surface area contributed by atoms with Gasteiger partial charge in [-0.3, -0.25) is 14.2 Å². The largest absolute Gasteiger partial charge is 0.756 e. The Kier molecular flexibility index (Phi) is 82.8. The van der Waals surface area contributed by atoms with E-state index in [1.54, 1.807) is 0 Å².